The van der Waals surface area contributed by atoms with Crippen molar-refractivity contribution in [3.63, 3.8) is 0 Å². The average Bonchev–Trinajstić information content (AvgIpc) is 2.03. The van der Waals surface area contributed by atoms with E-state index < -0.39 is 0 Å². The van der Waals surface area contributed by atoms with Gasteiger partial charge >= 0.3 is 0 Å². The molecule has 0 bridgehead atoms. The van der Waals surface area contributed by atoms with E-state index in [4.69, 9.17) is 5.73 Å². The molecule has 0 aliphatic heterocycles. The monoisotopic (exact) mass is 157 g/mol. The molecular formula is C9H19NO. The first-order valence-electron chi connectivity index (χ1n) is 4.67. The van der Waals surface area contributed by atoms with E-state index in [9.17, 15) is 5.11 Å². The highest BCUT2D eigenvalue weighted by atomic mass is 16.3. The summed E-state index contributed by atoms with van der Waals surface area (Å²) in [4.78, 5) is 0. The Labute approximate surface area is 68.8 Å². The van der Waals surface area contributed by atoms with Crippen LogP contribution in [0.25, 0.3) is 0 Å². The predicted molar refractivity (Wildman–Crippen MR) is 46.2 cm³/mol. The van der Waals surface area contributed by atoms with E-state index in [-0.39, 0.29) is 6.10 Å². The number of rotatable bonds is 2. The second-order valence-corrected chi connectivity index (χ2v) is 3.66. The van der Waals surface area contributed by atoms with Gasteiger partial charge in [-0.15, -0.1) is 0 Å². The molecule has 0 aromatic carbocycles. The minimum atomic E-state index is -0.110. The zero-order chi connectivity index (χ0) is 8.27. The molecule has 0 spiro atoms. The van der Waals surface area contributed by atoms with E-state index in [0.717, 1.165) is 19.3 Å². The molecule has 0 saturated heterocycles. The van der Waals surface area contributed by atoms with Gasteiger partial charge < -0.3 is 10.8 Å². The van der Waals surface area contributed by atoms with Crippen LogP contribution in [0.4, 0.5) is 0 Å². The van der Waals surface area contributed by atoms with Crippen molar-refractivity contribution in [1.82, 2.24) is 0 Å². The van der Waals surface area contributed by atoms with Crippen LogP contribution in [-0.2, 0) is 0 Å². The summed E-state index contributed by atoms with van der Waals surface area (Å²) >= 11 is 0. The molecule has 1 saturated carbocycles. The first-order chi connectivity index (χ1) is 5.24. The highest BCUT2D eigenvalue weighted by Gasteiger charge is 2.23. The fourth-order valence-electron chi connectivity index (χ4n) is 1.95. The third-order valence-electron chi connectivity index (χ3n) is 2.72. The van der Waals surface area contributed by atoms with Crippen LogP contribution in [0.2, 0.25) is 0 Å². The number of aliphatic hydroxyl groups is 1. The maximum absolute atomic E-state index is 9.54. The number of nitrogens with two attached hydrogens (primary N) is 1. The molecule has 0 aromatic rings. The molecule has 1 fully saturated rings. The lowest BCUT2D eigenvalue weighted by Crippen LogP contribution is -2.33. The summed E-state index contributed by atoms with van der Waals surface area (Å²) in [6, 6.07) is 0.343. The van der Waals surface area contributed by atoms with Crippen LogP contribution in [0.1, 0.15) is 39.0 Å². The standard InChI is InChI=1S/C9H19NO/c1-2-9(11)7-4-3-5-8(10)6-7/h7-9,11H,2-6,10H2,1H3/t7?,8-,9?/m0/s1. The maximum Gasteiger partial charge on any atom is 0.0566 e. The smallest absolute Gasteiger partial charge is 0.0566 e. The molecule has 0 amide bonds. The third kappa shape index (κ3) is 2.46. The Bertz CT molecular complexity index is 116. The Morgan fingerprint density at radius 1 is 1.55 bits per heavy atom. The lowest BCUT2D eigenvalue weighted by atomic mass is 9.82. The molecule has 1 aliphatic carbocycles. The van der Waals surface area contributed by atoms with Crippen molar-refractivity contribution in [1.29, 1.82) is 0 Å². The van der Waals surface area contributed by atoms with Crippen molar-refractivity contribution in [2.75, 3.05) is 0 Å². The molecule has 0 radical (unpaired) electrons. The first-order valence-corrected chi connectivity index (χ1v) is 4.67. The van der Waals surface area contributed by atoms with Gasteiger partial charge in [-0.3, -0.25) is 0 Å². The lowest BCUT2D eigenvalue weighted by Gasteiger charge is -2.29. The largest absolute Gasteiger partial charge is 0.393 e. The van der Waals surface area contributed by atoms with Crippen molar-refractivity contribution < 1.29 is 5.11 Å². The molecule has 3 atom stereocenters. The minimum absolute atomic E-state index is 0.110. The van der Waals surface area contributed by atoms with Gasteiger partial charge in [-0.05, 0) is 31.6 Å². The van der Waals surface area contributed by atoms with Crippen LogP contribution < -0.4 is 5.73 Å². The number of aliphatic hydroxyl groups excluding tert-OH is 1. The van der Waals surface area contributed by atoms with Crippen molar-refractivity contribution in [3.05, 3.63) is 0 Å². The van der Waals surface area contributed by atoms with E-state index >= 15 is 0 Å². The molecular weight excluding hydrogens is 138 g/mol. The summed E-state index contributed by atoms with van der Waals surface area (Å²) in [5.41, 5.74) is 5.81. The number of hydrogen-bond acceptors (Lipinski definition) is 2. The summed E-state index contributed by atoms with van der Waals surface area (Å²) in [7, 11) is 0. The Hall–Kier alpha value is -0.0800. The predicted octanol–water partition coefficient (Wildman–Crippen LogP) is 1.27. The molecule has 1 aliphatic rings. The van der Waals surface area contributed by atoms with Gasteiger partial charge in [0.2, 0.25) is 0 Å². The van der Waals surface area contributed by atoms with E-state index in [1.807, 2.05) is 6.92 Å². The zero-order valence-corrected chi connectivity index (χ0v) is 7.29. The normalized spacial score (nSPS) is 35.2. The summed E-state index contributed by atoms with van der Waals surface area (Å²) in [6.07, 6.45) is 5.30. The van der Waals surface area contributed by atoms with Gasteiger partial charge in [0.1, 0.15) is 0 Å². The molecule has 2 heteroatoms. The van der Waals surface area contributed by atoms with Crippen LogP contribution in [0, 0.1) is 5.92 Å². The Morgan fingerprint density at radius 3 is 2.82 bits per heavy atom. The Morgan fingerprint density at radius 2 is 2.27 bits per heavy atom. The maximum atomic E-state index is 9.54. The van der Waals surface area contributed by atoms with Gasteiger partial charge in [0.05, 0.1) is 6.10 Å². The molecule has 2 unspecified atom stereocenters. The quantitative estimate of drug-likeness (QED) is 0.634. The minimum Gasteiger partial charge on any atom is -0.393 e. The Kier molecular flexibility index (Phi) is 3.34. The van der Waals surface area contributed by atoms with Crippen LogP contribution in [0.3, 0.4) is 0 Å². The first kappa shape index (κ1) is 9.01. The second-order valence-electron chi connectivity index (χ2n) is 3.66. The van der Waals surface area contributed by atoms with Crippen LogP contribution in [0.15, 0.2) is 0 Å². The summed E-state index contributed by atoms with van der Waals surface area (Å²) in [5.74, 6) is 0.476. The van der Waals surface area contributed by atoms with Gasteiger partial charge in [0.25, 0.3) is 0 Å². The summed E-state index contributed by atoms with van der Waals surface area (Å²) < 4.78 is 0. The van der Waals surface area contributed by atoms with E-state index in [0.29, 0.717) is 12.0 Å². The summed E-state index contributed by atoms with van der Waals surface area (Å²) in [5, 5.41) is 9.54. The SMILES string of the molecule is CCC(O)C1CCC[C@H](N)C1. The van der Waals surface area contributed by atoms with Crippen molar-refractivity contribution in [2.45, 2.75) is 51.2 Å². The van der Waals surface area contributed by atoms with Crippen molar-refractivity contribution in [2.24, 2.45) is 11.7 Å². The third-order valence-corrected chi connectivity index (χ3v) is 2.72. The van der Waals surface area contributed by atoms with Gasteiger partial charge in [0.15, 0.2) is 0 Å². The average molecular weight is 157 g/mol. The molecule has 0 aromatic heterocycles. The number of hydrogen-bond donors (Lipinski definition) is 2. The van der Waals surface area contributed by atoms with Gasteiger partial charge in [-0.2, -0.15) is 0 Å². The molecule has 11 heavy (non-hydrogen) atoms. The van der Waals surface area contributed by atoms with Crippen molar-refractivity contribution >= 4 is 0 Å². The summed E-state index contributed by atoms with van der Waals surface area (Å²) in [6.45, 7) is 2.03. The highest BCUT2D eigenvalue weighted by molar-refractivity contribution is 4.78. The Balaban J connectivity index is 2.33. The lowest BCUT2D eigenvalue weighted by molar-refractivity contribution is 0.0766. The molecule has 2 nitrogen and oxygen atoms in total. The van der Waals surface area contributed by atoms with E-state index in [1.54, 1.807) is 0 Å². The van der Waals surface area contributed by atoms with E-state index in [2.05, 4.69) is 0 Å². The van der Waals surface area contributed by atoms with Crippen LogP contribution >= 0.6 is 0 Å². The molecule has 1 rings (SSSR count). The topological polar surface area (TPSA) is 46.2 Å². The van der Waals surface area contributed by atoms with Gasteiger partial charge in [-0.25, -0.2) is 0 Å². The fourth-order valence-corrected chi connectivity index (χ4v) is 1.95. The molecule has 0 heterocycles. The zero-order valence-electron chi connectivity index (χ0n) is 7.29. The van der Waals surface area contributed by atoms with Crippen molar-refractivity contribution in [3.8, 4) is 0 Å². The molecule has 3 N–H and O–H groups in total. The molecule has 66 valence electrons. The van der Waals surface area contributed by atoms with Gasteiger partial charge in [-0.1, -0.05) is 13.3 Å². The van der Waals surface area contributed by atoms with E-state index in [1.165, 1.54) is 12.8 Å². The van der Waals surface area contributed by atoms with Crippen LogP contribution in [0.5, 0.6) is 0 Å². The second kappa shape index (κ2) is 4.07. The highest BCUT2D eigenvalue weighted by Crippen LogP contribution is 2.26. The van der Waals surface area contributed by atoms with Crippen LogP contribution in [-0.4, -0.2) is 17.3 Å². The fraction of sp³-hybridized carbons (Fsp3) is 1.00. The van der Waals surface area contributed by atoms with Gasteiger partial charge in [0, 0.05) is 6.04 Å².